The molecule has 7 rings (SSSR count). The number of pyridine rings is 1. The molecule has 3 aromatic carbocycles. The lowest BCUT2D eigenvalue weighted by Gasteiger charge is -2.22. The Morgan fingerprint density at radius 3 is 2.13 bits per heavy atom. The summed E-state index contributed by atoms with van der Waals surface area (Å²) in [5.41, 5.74) is 6.86. The minimum atomic E-state index is -4.03. The van der Waals surface area contributed by atoms with Crippen molar-refractivity contribution in [2.24, 2.45) is 5.92 Å². The van der Waals surface area contributed by atoms with Crippen molar-refractivity contribution in [2.45, 2.75) is 50.8 Å². The van der Waals surface area contributed by atoms with E-state index in [1.807, 2.05) is 66.7 Å². The first kappa shape index (κ1) is 38.5. The summed E-state index contributed by atoms with van der Waals surface area (Å²) in [7, 11) is -0.835. The molecule has 1 fully saturated rings. The lowest BCUT2D eigenvalue weighted by atomic mass is 10.1. The van der Waals surface area contributed by atoms with Gasteiger partial charge in [-0.1, -0.05) is 58.4 Å². The lowest BCUT2D eigenvalue weighted by molar-refractivity contribution is 0.0520. The molecule has 55 heavy (non-hydrogen) atoms. The summed E-state index contributed by atoms with van der Waals surface area (Å²) in [6.45, 7) is 2.79. The molecule has 0 N–H and O–H groups in total. The van der Waals surface area contributed by atoms with Crippen LogP contribution < -0.4 is 9.47 Å². The largest absolute Gasteiger partial charge is 0.497 e. The summed E-state index contributed by atoms with van der Waals surface area (Å²) in [6.07, 6.45) is 4.81. The van der Waals surface area contributed by atoms with Gasteiger partial charge in [0.1, 0.15) is 16.5 Å². The summed E-state index contributed by atoms with van der Waals surface area (Å²) < 4.78 is 49.2. The second kappa shape index (κ2) is 16.9. The molecule has 1 aliphatic rings. The second-order valence-corrected chi connectivity index (χ2v) is 17.0. The standard InChI is InChI=1S/C42H41BrN4O6S2/c1-4-53-42(48)37-27-54-41(45-37)36-22-38(32-6-5-7-33(43)21-32)47(39(36)20-28-8-9-28)26-31-14-19-40(44-23-31)55(49,50)46(24-29-10-15-34(51-2)16-11-29)25-30-12-17-35(52-3)18-13-30/h5-7,10-19,21-23,27-28H,4,8-9,20,24-26H2,1-3H3. The van der Waals surface area contributed by atoms with E-state index in [0.717, 1.165) is 67.9 Å². The minimum Gasteiger partial charge on any atom is -0.497 e. The maximum absolute atomic E-state index is 14.3. The topological polar surface area (TPSA) is 113 Å². The number of carbonyl (C=O) groups is 1. The summed E-state index contributed by atoms with van der Waals surface area (Å²) in [5, 5.41) is 2.47. The van der Waals surface area contributed by atoms with Crippen LogP contribution in [0.15, 0.2) is 112 Å². The van der Waals surface area contributed by atoms with Crippen molar-refractivity contribution in [1.29, 1.82) is 0 Å². The molecule has 0 spiro atoms. The molecule has 1 saturated carbocycles. The molecule has 0 saturated heterocycles. The van der Waals surface area contributed by atoms with Gasteiger partial charge in [0.2, 0.25) is 0 Å². The highest BCUT2D eigenvalue weighted by Crippen LogP contribution is 2.41. The van der Waals surface area contributed by atoms with Gasteiger partial charge in [-0.05, 0) is 103 Å². The van der Waals surface area contributed by atoms with Crippen LogP contribution in [-0.4, -0.2) is 54.1 Å². The number of thiazole rings is 1. The fourth-order valence-electron chi connectivity index (χ4n) is 6.42. The summed E-state index contributed by atoms with van der Waals surface area (Å²) >= 11 is 5.07. The van der Waals surface area contributed by atoms with Crippen molar-refractivity contribution in [3.8, 4) is 33.3 Å². The molecular weight excluding hydrogens is 801 g/mol. The van der Waals surface area contributed by atoms with Crippen molar-refractivity contribution in [3.05, 3.63) is 135 Å². The second-order valence-electron chi connectivity index (χ2n) is 13.4. The number of carbonyl (C=O) groups excluding carboxylic acids is 1. The molecule has 3 aromatic heterocycles. The molecular formula is C42H41BrN4O6S2. The molecule has 6 aromatic rings. The predicted molar refractivity (Wildman–Crippen MR) is 217 cm³/mol. The number of nitrogens with zero attached hydrogens (tertiary/aromatic N) is 4. The van der Waals surface area contributed by atoms with Crippen LogP contribution in [0.2, 0.25) is 0 Å². The zero-order valence-corrected chi connectivity index (χ0v) is 34.0. The van der Waals surface area contributed by atoms with Gasteiger partial charge in [-0.25, -0.2) is 23.2 Å². The van der Waals surface area contributed by atoms with Crippen LogP contribution in [0.5, 0.6) is 11.5 Å². The van der Waals surface area contributed by atoms with Crippen LogP contribution in [-0.2, 0) is 40.8 Å². The fraction of sp³-hybridized carbons (Fsp3) is 0.262. The number of esters is 1. The third-order valence-corrected chi connectivity index (χ3v) is 12.6. The Morgan fingerprint density at radius 1 is 0.909 bits per heavy atom. The Bertz CT molecular complexity index is 2320. The van der Waals surface area contributed by atoms with Crippen molar-refractivity contribution in [1.82, 2.24) is 18.8 Å². The van der Waals surface area contributed by atoms with E-state index in [1.54, 1.807) is 38.8 Å². The summed E-state index contributed by atoms with van der Waals surface area (Å²) in [5.74, 6) is 1.50. The van der Waals surface area contributed by atoms with E-state index in [0.29, 0.717) is 29.7 Å². The smallest absolute Gasteiger partial charge is 0.357 e. The monoisotopic (exact) mass is 840 g/mol. The first-order valence-corrected chi connectivity index (χ1v) is 21.1. The predicted octanol–water partition coefficient (Wildman–Crippen LogP) is 9.02. The van der Waals surface area contributed by atoms with E-state index >= 15 is 0 Å². The van der Waals surface area contributed by atoms with Crippen molar-refractivity contribution in [3.63, 3.8) is 0 Å². The Morgan fingerprint density at radius 2 is 1.56 bits per heavy atom. The number of ether oxygens (including phenoxy) is 3. The molecule has 0 unspecified atom stereocenters. The third kappa shape index (κ3) is 9.02. The average molecular weight is 842 g/mol. The van der Waals surface area contributed by atoms with Gasteiger partial charge >= 0.3 is 5.97 Å². The maximum atomic E-state index is 14.3. The van der Waals surface area contributed by atoms with Crippen LogP contribution in [0, 0.1) is 5.92 Å². The van der Waals surface area contributed by atoms with Crippen molar-refractivity contribution in [2.75, 3.05) is 20.8 Å². The van der Waals surface area contributed by atoms with Crippen molar-refractivity contribution < 1.29 is 27.4 Å². The SMILES string of the molecule is CCOC(=O)c1csc(-c2cc(-c3cccc(Br)c3)n(Cc3ccc(S(=O)(=O)N(Cc4ccc(OC)cc4)Cc4ccc(OC)cc4)nc3)c2CC2CC2)n1. The molecule has 3 heterocycles. The number of hydrogen-bond acceptors (Lipinski definition) is 9. The molecule has 1 aliphatic carbocycles. The molecule has 0 atom stereocenters. The van der Waals surface area contributed by atoms with Gasteiger partial charge in [-0.15, -0.1) is 11.3 Å². The lowest BCUT2D eigenvalue weighted by Crippen LogP contribution is -2.31. The molecule has 0 radical (unpaired) electrons. The fourth-order valence-corrected chi connectivity index (χ4v) is 8.97. The quantitative estimate of drug-likeness (QED) is 0.0888. The van der Waals surface area contributed by atoms with Gasteiger partial charge in [0, 0.05) is 52.6 Å². The first-order chi connectivity index (χ1) is 26.6. The highest BCUT2D eigenvalue weighted by Gasteiger charge is 2.30. The van der Waals surface area contributed by atoms with Crippen LogP contribution in [0.25, 0.3) is 21.8 Å². The highest BCUT2D eigenvalue weighted by atomic mass is 79.9. The van der Waals surface area contributed by atoms with E-state index in [4.69, 9.17) is 19.2 Å². The number of hydrogen-bond donors (Lipinski definition) is 0. The Hall–Kier alpha value is -4.82. The van der Waals surface area contributed by atoms with E-state index in [1.165, 1.54) is 15.6 Å². The third-order valence-electron chi connectivity index (χ3n) is 9.51. The van der Waals surface area contributed by atoms with Gasteiger partial charge < -0.3 is 18.8 Å². The molecule has 284 valence electrons. The normalized spacial score (nSPS) is 12.9. The van der Waals surface area contributed by atoms with E-state index < -0.39 is 16.0 Å². The van der Waals surface area contributed by atoms with Crippen LogP contribution in [0.3, 0.4) is 0 Å². The van der Waals surface area contributed by atoms with E-state index in [2.05, 4.69) is 43.7 Å². The molecule has 10 nitrogen and oxygen atoms in total. The molecule has 13 heteroatoms. The average Bonchev–Trinajstić information content (AvgIpc) is 3.76. The Balaban J connectivity index is 1.23. The van der Waals surface area contributed by atoms with Gasteiger partial charge in [0.15, 0.2) is 10.7 Å². The summed E-state index contributed by atoms with van der Waals surface area (Å²) in [4.78, 5) is 21.8. The van der Waals surface area contributed by atoms with Crippen molar-refractivity contribution >= 4 is 43.3 Å². The number of halogens is 1. The van der Waals surface area contributed by atoms with Gasteiger partial charge in [-0.3, -0.25) is 0 Å². The maximum Gasteiger partial charge on any atom is 0.357 e. The number of rotatable bonds is 16. The van der Waals surface area contributed by atoms with Gasteiger partial charge in [-0.2, -0.15) is 4.31 Å². The van der Waals surface area contributed by atoms with Crippen LogP contribution >= 0.6 is 27.3 Å². The Kier molecular flexibility index (Phi) is 11.8. The van der Waals surface area contributed by atoms with Gasteiger partial charge in [0.05, 0.1) is 20.8 Å². The molecule has 0 bridgehead atoms. The number of methoxy groups -OCH3 is 2. The molecule has 0 amide bonds. The summed E-state index contributed by atoms with van der Waals surface area (Å²) in [6, 6.07) is 28.5. The Labute approximate surface area is 333 Å². The zero-order chi connectivity index (χ0) is 38.5. The van der Waals surface area contributed by atoms with Crippen LogP contribution in [0.4, 0.5) is 0 Å². The van der Waals surface area contributed by atoms with E-state index in [9.17, 15) is 13.2 Å². The zero-order valence-electron chi connectivity index (χ0n) is 30.8. The van der Waals surface area contributed by atoms with Gasteiger partial charge in [0.25, 0.3) is 10.0 Å². The molecule has 0 aliphatic heterocycles. The minimum absolute atomic E-state index is 0.0360. The first-order valence-electron chi connectivity index (χ1n) is 18.0. The number of sulfonamides is 1. The van der Waals surface area contributed by atoms with Crippen LogP contribution in [0.1, 0.15) is 52.6 Å². The highest BCUT2D eigenvalue weighted by molar-refractivity contribution is 9.10. The number of aromatic nitrogens is 3. The number of benzene rings is 3. The van der Waals surface area contributed by atoms with E-state index in [-0.39, 0.29) is 24.7 Å².